The van der Waals surface area contributed by atoms with Crippen LogP contribution in [-0.4, -0.2) is 25.3 Å². The third kappa shape index (κ3) is 6.58. The molecule has 2 aromatic rings. The van der Waals surface area contributed by atoms with Crippen LogP contribution in [0.15, 0.2) is 41.5 Å². The SMILES string of the molecule is CC(=O)N/N=C/c1cc(Cl)ccc1OCCCOc1ccc(Cl)c(C)c1. The molecule has 0 aliphatic carbocycles. The van der Waals surface area contributed by atoms with E-state index in [2.05, 4.69) is 10.5 Å². The summed E-state index contributed by atoms with van der Waals surface area (Å²) in [6.45, 7) is 4.30. The van der Waals surface area contributed by atoms with Crippen molar-refractivity contribution < 1.29 is 14.3 Å². The van der Waals surface area contributed by atoms with Gasteiger partial charge in [-0.15, -0.1) is 0 Å². The first kappa shape index (κ1) is 20.1. The summed E-state index contributed by atoms with van der Waals surface area (Å²) >= 11 is 12.0. The fourth-order valence-corrected chi connectivity index (χ4v) is 2.38. The van der Waals surface area contributed by atoms with Gasteiger partial charge in [0.15, 0.2) is 0 Å². The Hall–Kier alpha value is -2.24. The van der Waals surface area contributed by atoms with E-state index >= 15 is 0 Å². The van der Waals surface area contributed by atoms with Crippen LogP contribution >= 0.6 is 23.2 Å². The van der Waals surface area contributed by atoms with Crippen LogP contribution in [-0.2, 0) is 4.79 Å². The molecule has 0 aliphatic heterocycles. The van der Waals surface area contributed by atoms with E-state index in [0.29, 0.717) is 36.0 Å². The van der Waals surface area contributed by atoms with Gasteiger partial charge in [-0.3, -0.25) is 4.79 Å². The minimum absolute atomic E-state index is 0.250. The largest absolute Gasteiger partial charge is 0.493 e. The van der Waals surface area contributed by atoms with Crippen molar-refractivity contribution in [2.75, 3.05) is 13.2 Å². The molecular formula is C19H20Cl2N2O3. The average molecular weight is 395 g/mol. The summed E-state index contributed by atoms with van der Waals surface area (Å²) in [5.41, 5.74) is 4.00. The molecule has 0 spiro atoms. The molecule has 2 rings (SSSR count). The number of nitrogens with zero attached hydrogens (tertiary/aromatic N) is 1. The van der Waals surface area contributed by atoms with Crippen LogP contribution in [0.25, 0.3) is 0 Å². The van der Waals surface area contributed by atoms with E-state index in [0.717, 1.165) is 16.3 Å². The third-order valence-electron chi connectivity index (χ3n) is 3.34. The van der Waals surface area contributed by atoms with Crippen molar-refractivity contribution in [1.29, 1.82) is 0 Å². The minimum atomic E-state index is -0.250. The fourth-order valence-electron chi connectivity index (χ4n) is 2.08. The second-order valence-corrected chi connectivity index (χ2v) is 6.41. The van der Waals surface area contributed by atoms with E-state index in [4.69, 9.17) is 32.7 Å². The molecule has 1 N–H and O–H groups in total. The highest BCUT2D eigenvalue weighted by Gasteiger charge is 2.04. The Morgan fingerprint density at radius 2 is 1.92 bits per heavy atom. The second kappa shape index (κ2) is 10.0. The van der Waals surface area contributed by atoms with Crippen molar-refractivity contribution in [3.8, 4) is 11.5 Å². The number of amides is 1. The van der Waals surface area contributed by atoms with E-state index < -0.39 is 0 Å². The Kier molecular flexibility index (Phi) is 7.75. The molecule has 0 saturated carbocycles. The Bertz CT molecular complexity index is 794. The number of aryl methyl sites for hydroxylation is 1. The molecule has 26 heavy (non-hydrogen) atoms. The molecule has 7 heteroatoms. The molecule has 0 radical (unpaired) electrons. The number of halogens is 2. The number of hydrogen-bond acceptors (Lipinski definition) is 4. The molecule has 0 aromatic heterocycles. The normalized spacial score (nSPS) is 10.8. The highest BCUT2D eigenvalue weighted by Crippen LogP contribution is 2.22. The summed E-state index contributed by atoms with van der Waals surface area (Å²) in [6, 6.07) is 10.8. The van der Waals surface area contributed by atoms with Gasteiger partial charge in [-0.2, -0.15) is 5.10 Å². The topological polar surface area (TPSA) is 59.9 Å². The van der Waals surface area contributed by atoms with Crippen LogP contribution in [0.3, 0.4) is 0 Å². The molecular weight excluding hydrogens is 375 g/mol. The summed E-state index contributed by atoms with van der Waals surface area (Å²) in [4.78, 5) is 10.9. The molecule has 0 fully saturated rings. The number of hydrazone groups is 1. The summed E-state index contributed by atoms with van der Waals surface area (Å²) in [5, 5.41) is 5.12. The number of benzene rings is 2. The van der Waals surface area contributed by atoms with Gasteiger partial charge < -0.3 is 9.47 Å². The number of carbonyl (C=O) groups is 1. The maximum Gasteiger partial charge on any atom is 0.236 e. The van der Waals surface area contributed by atoms with Crippen LogP contribution < -0.4 is 14.9 Å². The molecule has 0 bridgehead atoms. The maximum absolute atomic E-state index is 10.9. The smallest absolute Gasteiger partial charge is 0.236 e. The lowest BCUT2D eigenvalue weighted by Gasteiger charge is -2.11. The Morgan fingerprint density at radius 1 is 1.15 bits per heavy atom. The van der Waals surface area contributed by atoms with Crippen molar-refractivity contribution in [2.24, 2.45) is 5.10 Å². The van der Waals surface area contributed by atoms with Crippen LogP contribution in [0, 0.1) is 6.92 Å². The van der Waals surface area contributed by atoms with E-state index in [-0.39, 0.29) is 5.91 Å². The molecule has 0 heterocycles. The van der Waals surface area contributed by atoms with Gasteiger partial charge >= 0.3 is 0 Å². The number of carbonyl (C=O) groups excluding carboxylic acids is 1. The molecule has 0 saturated heterocycles. The number of nitrogens with one attached hydrogen (secondary N) is 1. The Morgan fingerprint density at radius 3 is 2.65 bits per heavy atom. The lowest BCUT2D eigenvalue weighted by atomic mass is 10.2. The van der Waals surface area contributed by atoms with Crippen LogP contribution in [0.4, 0.5) is 0 Å². The van der Waals surface area contributed by atoms with Crippen molar-refractivity contribution in [1.82, 2.24) is 5.43 Å². The molecule has 0 atom stereocenters. The van der Waals surface area contributed by atoms with Gasteiger partial charge in [0.1, 0.15) is 11.5 Å². The minimum Gasteiger partial charge on any atom is -0.493 e. The zero-order valence-electron chi connectivity index (χ0n) is 14.6. The average Bonchev–Trinajstić information content (AvgIpc) is 2.59. The van der Waals surface area contributed by atoms with Gasteiger partial charge in [0.25, 0.3) is 0 Å². The molecule has 1 amide bonds. The maximum atomic E-state index is 10.9. The Balaban J connectivity index is 1.84. The van der Waals surface area contributed by atoms with Gasteiger partial charge in [-0.1, -0.05) is 23.2 Å². The Labute approximate surface area is 162 Å². The summed E-state index contributed by atoms with van der Waals surface area (Å²) in [6.07, 6.45) is 2.20. The number of ether oxygens (including phenoxy) is 2. The van der Waals surface area contributed by atoms with Gasteiger partial charge in [0.2, 0.25) is 5.91 Å². The second-order valence-electron chi connectivity index (χ2n) is 5.57. The first-order valence-electron chi connectivity index (χ1n) is 8.06. The molecule has 0 unspecified atom stereocenters. The van der Waals surface area contributed by atoms with Crippen LogP contribution in [0.5, 0.6) is 11.5 Å². The lowest BCUT2D eigenvalue weighted by molar-refractivity contribution is -0.118. The van der Waals surface area contributed by atoms with Gasteiger partial charge in [-0.25, -0.2) is 5.43 Å². The van der Waals surface area contributed by atoms with Crippen molar-refractivity contribution in [3.63, 3.8) is 0 Å². The van der Waals surface area contributed by atoms with E-state index in [1.54, 1.807) is 18.2 Å². The highest BCUT2D eigenvalue weighted by molar-refractivity contribution is 6.31. The van der Waals surface area contributed by atoms with E-state index in [1.807, 2.05) is 25.1 Å². The molecule has 138 valence electrons. The van der Waals surface area contributed by atoms with E-state index in [1.165, 1.54) is 13.1 Å². The fraction of sp³-hybridized carbons (Fsp3) is 0.263. The standard InChI is InChI=1S/C19H20Cl2N2O3/c1-13-10-17(5-6-18(13)21)25-8-3-9-26-19-7-4-16(20)11-15(19)12-22-23-14(2)24/h4-7,10-12H,3,8-9H2,1-2H3,(H,23,24)/b22-12+. The van der Waals surface area contributed by atoms with Gasteiger partial charge in [-0.05, 0) is 48.9 Å². The quantitative estimate of drug-likeness (QED) is 0.403. The summed E-state index contributed by atoms with van der Waals surface area (Å²) in [5.74, 6) is 1.16. The molecule has 2 aromatic carbocycles. The predicted molar refractivity (Wildman–Crippen MR) is 105 cm³/mol. The zero-order valence-corrected chi connectivity index (χ0v) is 16.1. The monoisotopic (exact) mass is 394 g/mol. The number of hydrogen-bond donors (Lipinski definition) is 1. The first-order chi connectivity index (χ1) is 12.5. The van der Waals surface area contributed by atoms with Gasteiger partial charge in [0.05, 0.1) is 19.4 Å². The van der Waals surface area contributed by atoms with Crippen LogP contribution in [0.1, 0.15) is 24.5 Å². The highest BCUT2D eigenvalue weighted by atomic mass is 35.5. The third-order valence-corrected chi connectivity index (χ3v) is 4.00. The summed E-state index contributed by atoms with van der Waals surface area (Å²) in [7, 11) is 0. The van der Waals surface area contributed by atoms with Crippen LogP contribution in [0.2, 0.25) is 10.0 Å². The van der Waals surface area contributed by atoms with Crippen molar-refractivity contribution in [3.05, 3.63) is 57.6 Å². The van der Waals surface area contributed by atoms with Gasteiger partial charge in [0, 0.05) is 29.0 Å². The van der Waals surface area contributed by atoms with Crippen molar-refractivity contribution >= 4 is 35.3 Å². The van der Waals surface area contributed by atoms with Crippen molar-refractivity contribution in [2.45, 2.75) is 20.3 Å². The zero-order chi connectivity index (χ0) is 18.9. The summed E-state index contributed by atoms with van der Waals surface area (Å²) < 4.78 is 11.5. The molecule has 5 nitrogen and oxygen atoms in total. The number of rotatable bonds is 8. The molecule has 0 aliphatic rings. The first-order valence-corrected chi connectivity index (χ1v) is 8.82. The predicted octanol–water partition coefficient (Wildman–Crippen LogP) is 4.62. The van der Waals surface area contributed by atoms with E-state index in [9.17, 15) is 4.79 Å². The lowest BCUT2D eigenvalue weighted by Crippen LogP contribution is -2.12.